The second kappa shape index (κ2) is 9.16. The molecule has 0 radical (unpaired) electrons. The van der Waals surface area contributed by atoms with E-state index in [-0.39, 0.29) is 5.82 Å². The number of nitrogens with zero attached hydrogens (tertiary/aromatic N) is 1. The lowest BCUT2D eigenvalue weighted by atomic mass is 10.1. The van der Waals surface area contributed by atoms with Gasteiger partial charge >= 0.3 is 0 Å². The van der Waals surface area contributed by atoms with Crippen molar-refractivity contribution in [1.82, 2.24) is 4.90 Å². The van der Waals surface area contributed by atoms with Gasteiger partial charge in [0.2, 0.25) is 0 Å². The molecule has 0 saturated heterocycles. The summed E-state index contributed by atoms with van der Waals surface area (Å²) in [6, 6.07) is 14.8. The van der Waals surface area contributed by atoms with Crippen molar-refractivity contribution in [1.29, 1.82) is 0 Å². The first-order chi connectivity index (χ1) is 11.2. The molecule has 0 aliphatic heterocycles. The van der Waals surface area contributed by atoms with Crippen molar-refractivity contribution in [2.45, 2.75) is 20.4 Å². The highest BCUT2D eigenvalue weighted by molar-refractivity contribution is 5.51. The van der Waals surface area contributed by atoms with Crippen molar-refractivity contribution < 1.29 is 9.13 Å². The lowest BCUT2D eigenvalue weighted by Crippen LogP contribution is -2.23. The minimum absolute atomic E-state index is 0.297. The highest BCUT2D eigenvalue weighted by atomic mass is 19.1. The molecule has 0 aliphatic carbocycles. The van der Waals surface area contributed by atoms with E-state index in [9.17, 15) is 4.39 Å². The SMILES string of the molecule is CCN(CC)Cc1ccccc1NCCOc1ccccc1F. The summed E-state index contributed by atoms with van der Waals surface area (Å²) in [4.78, 5) is 2.37. The molecule has 124 valence electrons. The molecule has 2 aromatic rings. The van der Waals surface area contributed by atoms with Crippen LogP contribution in [0.3, 0.4) is 0 Å². The van der Waals surface area contributed by atoms with Crippen LogP contribution in [-0.2, 0) is 6.54 Å². The van der Waals surface area contributed by atoms with Gasteiger partial charge in [0.1, 0.15) is 6.61 Å². The van der Waals surface area contributed by atoms with Crippen LogP contribution in [0.1, 0.15) is 19.4 Å². The molecule has 0 bridgehead atoms. The summed E-state index contributed by atoms with van der Waals surface area (Å²) in [6.45, 7) is 8.36. The van der Waals surface area contributed by atoms with Gasteiger partial charge < -0.3 is 10.1 Å². The Kier molecular flexibility index (Phi) is 6.88. The normalized spacial score (nSPS) is 10.8. The minimum Gasteiger partial charge on any atom is -0.489 e. The quantitative estimate of drug-likeness (QED) is 0.703. The summed E-state index contributed by atoms with van der Waals surface area (Å²) >= 11 is 0. The molecule has 1 N–H and O–H groups in total. The van der Waals surface area contributed by atoms with E-state index in [1.54, 1.807) is 18.2 Å². The van der Waals surface area contributed by atoms with Crippen LogP contribution in [0.15, 0.2) is 48.5 Å². The van der Waals surface area contributed by atoms with E-state index in [1.165, 1.54) is 11.6 Å². The summed E-state index contributed by atoms with van der Waals surface area (Å²) in [5, 5.41) is 3.38. The van der Waals surface area contributed by atoms with Crippen molar-refractivity contribution in [3.05, 3.63) is 59.9 Å². The van der Waals surface area contributed by atoms with Gasteiger partial charge in [0.15, 0.2) is 11.6 Å². The molecule has 4 heteroatoms. The van der Waals surface area contributed by atoms with Crippen LogP contribution in [0.5, 0.6) is 5.75 Å². The van der Waals surface area contributed by atoms with Crippen molar-refractivity contribution in [2.24, 2.45) is 0 Å². The Balaban J connectivity index is 1.87. The van der Waals surface area contributed by atoms with E-state index in [2.05, 4.69) is 42.3 Å². The Morgan fingerprint density at radius 3 is 2.43 bits per heavy atom. The zero-order valence-electron chi connectivity index (χ0n) is 13.9. The van der Waals surface area contributed by atoms with Crippen molar-refractivity contribution in [2.75, 3.05) is 31.6 Å². The Labute approximate surface area is 138 Å². The predicted octanol–water partition coefficient (Wildman–Crippen LogP) is 4.16. The zero-order chi connectivity index (χ0) is 16.5. The van der Waals surface area contributed by atoms with Crippen LogP contribution in [-0.4, -0.2) is 31.1 Å². The van der Waals surface area contributed by atoms with Gasteiger partial charge in [-0.15, -0.1) is 0 Å². The molecule has 0 spiro atoms. The first-order valence-corrected chi connectivity index (χ1v) is 8.16. The number of hydrogen-bond donors (Lipinski definition) is 1. The van der Waals surface area contributed by atoms with Crippen LogP contribution < -0.4 is 10.1 Å². The Bertz CT molecular complexity index is 599. The molecular formula is C19H25FN2O. The van der Waals surface area contributed by atoms with Crippen LogP contribution in [0, 0.1) is 5.82 Å². The number of para-hydroxylation sites is 2. The average molecular weight is 316 g/mol. The van der Waals surface area contributed by atoms with Gasteiger partial charge in [0, 0.05) is 18.8 Å². The lowest BCUT2D eigenvalue weighted by molar-refractivity contribution is 0.296. The third kappa shape index (κ3) is 5.25. The number of benzene rings is 2. The molecule has 0 fully saturated rings. The van der Waals surface area contributed by atoms with Crippen molar-refractivity contribution >= 4 is 5.69 Å². The first kappa shape index (κ1) is 17.3. The zero-order valence-corrected chi connectivity index (χ0v) is 13.9. The van der Waals surface area contributed by atoms with Gasteiger partial charge in [-0.3, -0.25) is 4.90 Å². The van der Waals surface area contributed by atoms with E-state index < -0.39 is 0 Å². The maximum absolute atomic E-state index is 13.5. The van der Waals surface area contributed by atoms with Crippen LogP contribution in [0.2, 0.25) is 0 Å². The molecule has 3 nitrogen and oxygen atoms in total. The molecule has 2 aromatic carbocycles. The minimum atomic E-state index is -0.325. The summed E-state index contributed by atoms with van der Waals surface area (Å²) in [5.74, 6) is -0.0276. The summed E-state index contributed by atoms with van der Waals surface area (Å²) in [6.07, 6.45) is 0. The summed E-state index contributed by atoms with van der Waals surface area (Å²) in [7, 11) is 0. The Morgan fingerprint density at radius 1 is 1.00 bits per heavy atom. The molecule has 0 aliphatic rings. The standard InChI is InChI=1S/C19H25FN2O/c1-3-22(4-2)15-16-9-5-7-11-18(16)21-13-14-23-19-12-8-6-10-17(19)20/h5-12,21H,3-4,13-15H2,1-2H3. The molecular weight excluding hydrogens is 291 g/mol. The van der Waals surface area contributed by atoms with Crippen molar-refractivity contribution in [3.63, 3.8) is 0 Å². The third-order valence-corrected chi connectivity index (χ3v) is 3.82. The summed E-state index contributed by atoms with van der Waals surface area (Å²) in [5.41, 5.74) is 2.37. The van der Waals surface area contributed by atoms with Crippen LogP contribution in [0.25, 0.3) is 0 Å². The van der Waals surface area contributed by atoms with Gasteiger partial charge in [-0.1, -0.05) is 44.2 Å². The highest BCUT2D eigenvalue weighted by Crippen LogP contribution is 2.18. The molecule has 0 saturated carbocycles. The maximum Gasteiger partial charge on any atom is 0.165 e. The smallest absolute Gasteiger partial charge is 0.165 e. The Hall–Kier alpha value is -2.07. The molecule has 0 amide bonds. The van der Waals surface area contributed by atoms with Crippen molar-refractivity contribution in [3.8, 4) is 5.75 Å². The molecule has 2 rings (SSSR count). The monoisotopic (exact) mass is 316 g/mol. The Morgan fingerprint density at radius 2 is 1.70 bits per heavy atom. The number of hydrogen-bond acceptors (Lipinski definition) is 3. The number of anilines is 1. The van der Waals surface area contributed by atoms with Crippen LogP contribution >= 0.6 is 0 Å². The number of ether oxygens (including phenoxy) is 1. The average Bonchev–Trinajstić information content (AvgIpc) is 2.59. The predicted molar refractivity (Wildman–Crippen MR) is 93.5 cm³/mol. The fourth-order valence-electron chi connectivity index (χ4n) is 2.43. The van der Waals surface area contributed by atoms with E-state index >= 15 is 0 Å². The van der Waals surface area contributed by atoms with E-state index in [0.717, 1.165) is 25.3 Å². The van der Waals surface area contributed by atoms with Gasteiger partial charge in [0.05, 0.1) is 0 Å². The fourth-order valence-corrected chi connectivity index (χ4v) is 2.43. The lowest BCUT2D eigenvalue weighted by Gasteiger charge is -2.20. The molecule has 0 atom stereocenters. The van der Waals surface area contributed by atoms with Gasteiger partial charge in [0.25, 0.3) is 0 Å². The van der Waals surface area contributed by atoms with E-state index in [1.807, 2.05) is 6.07 Å². The maximum atomic E-state index is 13.5. The van der Waals surface area contributed by atoms with Crippen LogP contribution in [0.4, 0.5) is 10.1 Å². The molecule has 0 heterocycles. The molecule has 23 heavy (non-hydrogen) atoms. The summed E-state index contributed by atoms with van der Waals surface area (Å²) < 4.78 is 18.9. The second-order valence-corrected chi connectivity index (χ2v) is 5.32. The molecule has 0 unspecified atom stereocenters. The number of rotatable bonds is 9. The second-order valence-electron chi connectivity index (χ2n) is 5.32. The number of halogens is 1. The largest absolute Gasteiger partial charge is 0.489 e. The molecule has 0 aromatic heterocycles. The van der Waals surface area contributed by atoms with Gasteiger partial charge in [-0.25, -0.2) is 4.39 Å². The van der Waals surface area contributed by atoms with E-state index in [0.29, 0.717) is 18.9 Å². The highest BCUT2D eigenvalue weighted by Gasteiger charge is 2.06. The van der Waals surface area contributed by atoms with Gasteiger partial charge in [-0.05, 0) is 36.9 Å². The third-order valence-electron chi connectivity index (χ3n) is 3.82. The number of nitrogens with one attached hydrogen (secondary N) is 1. The fraction of sp³-hybridized carbons (Fsp3) is 0.368. The van der Waals surface area contributed by atoms with E-state index in [4.69, 9.17) is 4.74 Å². The first-order valence-electron chi connectivity index (χ1n) is 8.16. The topological polar surface area (TPSA) is 24.5 Å². The van der Waals surface area contributed by atoms with Gasteiger partial charge in [-0.2, -0.15) is 0 Å².